The third-order valence-electron chi connectivity index (χ3n) is 5.93. The number of urea groups is 1. The molecule has 8 nitrogen and oxygen atoms in total. The number of hydrogen-bond acceptors (Lipinski definition) is 4. The molecule has 1 aliphatic heterocycles. The number of aromatic nitrogens is 4. The average molecular weight is 446 g/mol. The fourth-order valence-corrected chi connectivity index (χ4v) is 4.13. The van der Waals surface area contributed by atoms with E-state index < -0.39 is 0 Å². The van der Waals surface area contributed by atoms with E-state index in [-0.39, 0.29) is 23.3 Å². The number of amides is 2. The molecule has 0 saturated carbocycles. The number of aryl methyl sites for hydroxylation is 1. The molecule has 1 N–H and O–H groups in total. The summed E-state index contributed by atoms with van der Waals surface area (Å²) in [7, 11) is 1.71. The number of H-pyrrole nitrogens is 1. The first-order chi connectivity index (χ1) is 15.9. The lowest BCUT2D eigenvalue weighted by atomic mass is 9.99. The van der Waals surface area contributed by atoms with Crippen LogP contribution >= 0.6 is 0 Å². The molecular weight excluding hydrogens is 423 g/mol. The lowest BCUT2D eigenvalue weighted by Gasteiger charge is -2.40. The predicted molar refractivity (Wildman–Crippen MR) is 122 cm³/mol. The number of nitrogens with zero attached hydrogens (tertiary/aromatic N) is 5. The molecule has 0 spiro atoms. The number of likely N-dealkylation sites (tertiary alicyclic amines) is 1. The summed E-state index contributed by atoms with van der Waals surface area (Å²) in [6, 6.07) is 15.5. The van der Waals surface area contributed by atoms with E-state index in [2.05, 4.69) is 10.1 Å². The summed E-state index contributed by atoms with van der Waals surface area (Å²) >= 11 is 0. The van der Waals surface area contributed by atoms with Crippen LogP contribution in [0.4, 0.5) is 9.18 Å². The molecule has 2 aromatic carbocycles. The Bertz CT molecular complexity index is 1370. The fraction of sp³-hybridized carbons (Fsp3) is 0.250. The van der Waals surface area contributed by atoms with Crippen LogP contribution in [0.15, 0.2) is 59.4 Å². The topological polar surface area (TPSA) is 87.1 Å². The molecule has 0 unspecified atom stereocenters. The second-order valence-electron chi connectivity index (χ2n) is 8.35. The number of carbonyl (C=O) groups excluding carboxylic acids is 1. The molecule has 168 valence electrons. The van der Waals surface area contributed by atoms with Crippen molar-refractivity contribution in [3.8, 4) is 5.69 Å². The highest BCUT2D eigenvalue weighted by atomic mass is 19.1. The zero-order chi connectivity index (χ0) is 23.1. The first kappa shape index (κ1) is 20.9. The van der Waals surface area contributed by atoms with Gasteiger partial charge in [0.2, 0.25) is 0 Å². The van der Waals surface area contributed by atoms with E-state index in [1.807, 2.05) is 30.3 Å². The van der Waals surface area contributed by atoms with Gasteiger partial charge in [-0.1, -0.05) is 30.3 Å². The van der Waals surface area contributed by atoms with Gasteiger partial charge in [0.25, 0.3) is 5.56 Å². The van der Waals surface area contributed by atoms with E-state index in [1.165, 1.54) is 12.1 Å². The number of halogens is 1. The summed E-state index contributed by atoms with van der Waals surface area (Å²) in [6.07, 6.45) is 0. The molecule has 0 atom stereocenters. The first-order valence-electron chi connectivity index (χ1n) is 10.7. The lowest BCUT2D eigenvalue weighted by Crippen LogP contribution is -2.53. The van der Waals surface area contributed by atoms with Crippen molar-refractivity contribution in [1.29, 1.82) is 0 Å². The summed E-state index contributed by atoms with van der Waals surface area (Å²) < 4.78 is 14.8. The van der Waals surface area contributed by atoms with Crippen molar-refractivity contribution in [2.45, 2.75) is 19.4 Å². The van der Waals surface area contributed by atoms with Gasteiger partial charge in [0.15, 0.2) is 5.65 Å². The minimum absolute atomic E-state index is 0.0651. The molecule has 1 saturated heterocycles. The van der Waals surface area contributed by atoms with Crippen LogP contribution in [-0.4, -0.2) is 55.7 Å². The highest BCUT2D eigenvalue weighted by Gasteiger charge is 2.35. The highest BCUT2D eigenvalue weighted by Crippen LogP contribution is 2.27. The zero-order valence-electron chi connectivity index (χ0n) is 18.3. The smallest absolute Gasteiger partial charge is 0.320 e. The average Bonchev–Trinajstić information content (AvgIpc) is 3.11. The van der Waals surface area contributed by atoms with E-state index in [1.54, 1.807) is 40.6 Å². The number of fused-ring (bicyclic) bond motifs is 1. The molecule has 9 heteroatoms. The van der Waals surface area contributed by atoms with Gasteiger partial charge in [-0.25, -0.2) is 18.9 Å². The summed E-state index contributed by atoms with van der Waals surface area (Å²) in [5, 5.41) is 4.98. The maximum Gasteiger partial charge on any atom is 0.320 e. The molecule has 1 fully saturated rings. The van der Waals surface area contributed by atoms with E-state index in [9.17, 15) is 14.0 Å². The normalized spacial score (nSPS) is 13.8. The second-order valence-corrected chi connectivity index (χ2v) is 8.35. The summed E-state index contributed by atoms with van der Waals surface area (Å²) in [6.45, 7) is 3.09. The van der Waals surface area contributed by atoms with Crippen molar-refractivity contribution >= 4 is 17.1 Å². The van der Waals surface area contributed by atoms with Gasteiger partial charge in [0.1, 0.15) is 17.0 Å². The van der Waals surface area contributed by atoms with Crippen LogP contribution in [0.3, 0.4) is 0 Å². The summed E-state index contributed by atoms with van der Waals surface area (Å²) in [5.41, 5.74) is 2.57. The molecule has 0 bridgehead atoms. The van der Waals surface area contributed by atoms with Crippen molar-refractivity contribution in [2.24, 2.45) is 0 Å². The van der Waals surface area contributed by atoms with Crippen LogP contribution in [0, 0.1) is 12.7 Å². The molecule has 5 rings (SSSR count). The van der Waals surface area contributed by atoms with Gasteiger partial charge in [-0.05, 0) is 36.8 Å². The monoisotopic (exact) mass is 446 g/mol. The van der Waals surface area contributed by atoms with Crippen LogP contribution < -0.4 is 5.56 Å². The van der Waals surface area contributed by atoms with E-state index in [0.29, 0.717) is 42.2 Å². The van der Waals surface area contributed by atoms with Gasteiger partial charge in [0.05, 0.1) is 17.3 Å². The summed E-state index contributed by atoms with van der Waals surface area (Å²) in [4.78, 5) is 36.5. The Hall–Kier alpha value is -4.01. The summed E-state index contributed by atoms with van der Waals surface area (Å²) in [5.74, 6) is 0.181. The molecule has 2 amide bonds. The van der Waals surface area contributed by atoms with Gasteiger partial charge in [-0.2, -0.15) is 5.10 Å². The van der Waals surface area contributed by atoms with Crippen molar-refractivity contribution < 1.29 is 9.18 Å². The Morgan fingerprint density at radius 3 is 2.55 bits per heavy atom. The molecular formula is C24H23FN6O2. The number of benzene rings is 2. The Morgan fingerprint density at radius 2 is 1.85 bits per heavy atom. The Balaban J connectivity index is 1.33. The van der Waals surface area contributed by atoms with Crippen LogP contribution in [0.2, 0.25) is 0 Å². The number of carbonyl (C=O) groups is 1. The van der Waals surface area contributed by atoms with Crippen LogP contribution in [0.25, 0.3) is 16.7 Å². The fourth-order valence-electron chi connectivity index (χ4n) is 4.13. The van der Waals surface area contributed by atoms with Gasteiger partial charge in [-0.3, -0.25) is 4.79 Å². The molecule has 0 aliphatic carbocycles. The van der Waals surface area contributed by atoms with Crippen LogP contribution in [0.1, 0.15) is 23.0 Å². The van der Waals surface area contributed by atoms with Crippen molar-refractivity contribution in [2.75, 3.05) is 20.1 Å². The van der Waals surface area contributed by atoms with E-state index >= 15 is 0 Å². The number of para-hydroxylation sites is 1. The number of rotatable bonds is 4. The van der Waals surface area contributed by atoms with Crippen LogP contribution in [0.5, 0.6) is 0 Å². The molecule has 0 radical (unpaired) electrons. The number of nitrogens with one attached hydrogen (secondary N) is 1. The Labute approximate surface area is 189 Å². The molecule has 4 aromatic rings. The van der Waals surface area contributed by atoms with E-state index in [4.69, 9.17) is 4.98 Å². The maximum absolute atomic E-state index is 13.1. The van der Waals surface area contributed by atoms with E-state index in [0.717, 1.165) is 11.3 Å². The lowest BCUT2D eigenvalue weighted by molar-refractivity contribution is 0.118. The zero-order valence-corrected chi connectivity index (χ0v) is 18.3. The van der Waals surface area contributed by atoms with Crippen molar-refractivity contribution in [1.82, 2.24) is 29.5 Å². The van der Waals surface area contributed by atoms with Gasteiger partial charge < -0.3 is 14.8 Å². The SMILES string of the molecule is Cc1nn(-c2ccccc2)c2nc(C3CN(C(=O)N(C)Cc4ccc(F)cc4)C3)[nH]c(=O)c12. The predicted octanol–water partition coefficient (Wildman–Crippen LogP) is 3.21. The molecule has 33 heavy (non-hydrogen) atoms. The Morgan fingerprint density at radius 1 is 1.15 bits per heavy atom. The molecule has 2 aromatic heterocycles. The minimum atomic E-state index is -0.305. The first-order valence-corrected chi connectivity index (χ1v) is 10.7. The molecule has 1 aliphatic rings. The second kappa shape index (κ2) is 8.16. The standard InChI is InChI=1S/C24H23FN6O2/c1-15-20-22(31(28-15)19-6-4-3-5-7-19)26-21(27-23(20)32)17-13-30(14-17)24(33)29(2)12-16-8-10-18(25)11-9-16/h3-11,17H,12-14H2,1-2H3,(H,26,27,32). The van der Waals surface area contributed by atoms with Gasteiger partial charge in [-0.15, -0.1) is 0 Å². The van der Waals surface area contributed by atoms with Gasteiger partial charge >= 0.3 is 6.03 Å². The highest BCUT2D eigenvalue weighted by molar-refractivity contribution is 5.79. The Kier molecular flexibility index (Phi) is 5.16. The third-order valence-corrected chi connectivity index (χ3v) is 5.93. The largest absolute Gasteiger partial charge is 0.323 e. The quantitative estimate of drug-likeness (QED) is 0.522. The number of aromatic amines is 1. The maximum atomic E-state index is 13.1. The number of hydrogen-bond donors (Lipinski definition) is 1. The van der Waals surface area contributed by atoms with Crippen molar-refractivity contribution in [3.05, 3.63) is 87.9 Å². The van der Waals surface area contributed by atoms with Crippen molar-refractivity contribution in [3.63, 3.8) is 0 Å². The molecule has 3 heterocycles. The van der Waals surface area contributed by atoms with Crippen LogP contribution in [-0.2, 0) is 6.54 Å². The third kappa shape index (κ3) is 3.86. The minimum Gasteiger partial charge on any atom is -0.323 e. The van der Waals surface area contributed by atoms with Gasteiger partial charge in [0, 0.05) is 26.7 Å².